The van der Waals surface area contributed by atoms with Gasteiger partial charge in [-0.15, -0.1) is 0 Å². The third-order valence-corrected chi connectivity index (χ3v) is 7.78. The average Bonchev–Trinajstić information content (AvgIpc) is 3.12. The van der Waals surface area contributed by atoms with Crippen molar-refractivity contribution in [2.45, 2.75) is 50.2 Å². The standard InChI is InChI=1S/C23H31ClN4O4S/c1-15(2)27(13-11-25-4)22(29)16(3)28-12-10-21(23(28)30)26-33(31,32)18-8-9-19-17(14-18)6-5-7-20(19)24/h5-9,14-16,21,25-26H,10-13H2,1-4H3/t16-,21-/m0/s1. The molecule has 1 fully saturated rings. The van der Waals surface area contributed by atoms with E-state index in [-0.39, 0.29) is 22.8 Å². The van der Waals surface area contributed by atoms with E-state index >= 15 is 0 Å². The van der Waals surface area contributed by atoms with Crippen molar-refractivity contribution in [2.75, 3.05) is 26.7 Å². The predicted molar refractivity (Wildman–Crippen MR) is 130 cm³/mol. The quantitative estimate of drug-likeness (QED) is 0.557. The maximum absolute atomic E-state index is 13.0. The molecular weight excluding hydrogens is 464 g/mol. The summed E-state index contributed by atoms with van der Waals surface area (Å²) >= 11 is 6.17. The first-order valence-corrected chi connectivity index (χ1v) is 12.9. The number of fused-ring (bicyclic) bond motifs is 1. The molecule has 0 aliphatic carbocycles. The van der Waals surface area contributed by atoms with Crippen LogP contribution >= 0.6 is 11.6 Å². The number of benzene rings is 2. The van der Waals surface area contributed by atoms with Gasteiger partial charge in [-0.2, -0.15) is 4.72 Å². The second kappa shape index (κ2) is 10.4. The molecule has 1 heterocycles. The molecule has 0 aromatic heterocycles. The third kappa shape index (κ3) is 5.48. The molecule has 3 rings (SSSR count). The molecule has 0 saturated carbocycles. The Morgan fingerprint density at radius 2 is 1.97 bits per heavy atom. The zero-order valence-electron chi connectivity index (χ0n) is 19.3. The predicted octanol–water partition coefficient (Wildman–Crippen LogP) is 2.22. The third-order valence-electron chi connectivity index (χ3n) is 5.98. The lowest BCUT2D eigenvalue weighted by molar-refractivity contribution is -0.144. The molecule has 0 spiro atoms. The van der Waals surface area contributed by atoms with E-state index in [4.69, 9.17) is 11.6 Å². The first kappa shape index (κ1) is 25.4. The van der Waals surface area contributed by atoms with Crippen LogP contribution in [-0.2, 0) is 19.6 Å². The van der Waals surface area contributed by atoms with Crippen molar-refractivity contribution in [3.8, 4) is 0 Å². The number of amides is 2. The summed E-state index contributed by atoms with van der Waals surface area (Å²) in [5, 5.41) is 5.01. The fourth-order valence-corrected chi connectivity index (χ4v) is 5.57. The van der Waals surface area contributed by atoms with Crippen LogP contribution < -0.4 is 10.0 Å². The molecule has 8 nitrogen and oxygen atoms in total. The molecule has 2 atom stereocenters. The first-order chi connectivity index (χ1) is 15.6. The first-order valence-electron chi connectivity index (χ1n) is 11.0. The largest absolute Gasteiger partial charge is 0.337 e. The number of hydrogen-bond donors (Lipinski definition) is 2. The van der Waals surface area contributed by atoms with Crippen LogP contribution in [0.15, 0.2) is 41.3 Å². The molecule has 0 bridgehead atoms. The molecule has 1 aliphatic heterocycles. The van der Waals surface area contributed by atoms with Gasteiger partial charge in [0.25, 0.3) is 0 Å². The number of likely N-dealkylation sites (tertiary alicyclic amines) is 1. The van der Waals surface area contributed by atoms with Crippen molar-refractivity contribution < 1.29 is 18.0 Å². The number of hydrogen-bond acceptors (Lipinski definition) is 5. The molecular formula is C23H31ClN4O4S. The Kier molecular flexibility index (Phi) is 8.00. The van der Waals surface area contributed by atoms with E-state index in [9.17, 15) is 18.0 Å². The summed E-state index contributed by atoms with van der Waals surface area (Å²) in [5.41, 5.74) is 0. The molecule has 2 aromatic rings. The van der Waals surface area contributed by atoms with E-state index in [1.54, 1.807) is 36.1 Å². The van der Waals surface area contributed by atoms with Gasteiger partial charge < -0.3 is 15.1 Å². The van der Waals surface area contributed by atoms with Gasteiger partial charge >= 0.3 is 0 Å². The number of halogens is 1. The molecule has 2 aromatic carbocycles. The summed E-state index contributed by atoms with van der Waals surface area (Å²) in [5.74, 6) is -0.538. The number of likely N-dealkylation sites (N-methyl/N-ethyl adjacent to an activating group) is 1. The van der Waals surface area contributed by atoms with Crippen LogP contribution in [0.4, 0.5) is 0 Å². The Labute approximate surface area is 200 Å². The Hall–Kier alpha value is -2.20. The van der Waals surface area contributed by atoms with E-state index in [1.165, 1.54) is 17.0 Å². The summed E-state index contributed by atoms with van der Waals surface area (Å²) in [6.07, 6.45) is 0.299. The van der Waals surface area contributed by atoms with Crippen LogP contribution in [0.25, 0.3) is 10.8 Å². The lowest BCUT2D eigenvalue weighted by Gasteiger charge is -2.33. The molecule has 1 aliphatic rings. The summed E-state index contributed by atoms with van der Waals surface area (Å²) < 4.78 is 28.5. The van der Waals surface area contributed by atoms with Crippen molar-refractivity contribution >= 4 is 44.2 Å². The number of carbonyl (C=O) groups is 2. The topological polar surface area (TPSA) is 98.8 Å². The minimum atomic E-state index is -3.94. The number of nitrogens with one attached hydrogen (secondary N) is 2. The number of sulfonamides is 1. The Morgan fingerprint density at radius 1 is 1.24 bits per heavy atom. The van der Waals surface area contributed by atoms with E-state index < -0.39 is 22.1 Å². The van der Waals surface area contributed by atoms with Gasteiger partial charge in [-0.1, -0.05) is 29.8 Å². The number of carbonyl (C=O) groups excluding carboxylic acids is 2. The number of rotatable bonds is 9. The van der Waals surface area contributed by atoms with Crippen molar-refractivity contribution in [1.29, 1.82) is 0 Å². The van der Waals surface area contributed by atoms with E-state index in [2.05, 4.69) is 10.0 Å². The second-order valence-electron chi connectivity index (χ2n) is 8.52. The molecule has 2 amide bonds. The molecule has 10 heteroatoms. The highest BCUT2D eigenvalue weighted by Gasteiger charge is 2.40. The summed E-state index contributed by atoms with van der Waals surface area (Å²) in [6, 6.07) is 8.34. The van der Waals surface area contributed by atoms with Gasteiger partial charge in [-0.05, 0) is 57.8 Å². The molecule has 180 valence electrons. The second-order valence-corrected chi connectivity index (χ2v) is 10.6. The Bertz CT molecular complexity index is 1140. The maximum atomic E-state index is 13.0. The summed E-state index contributed by atoms with van der Waals surface area (Å²) in [4.78, 5) is 29.3. The van der Waals surface area contributed by atoms with Crippen molar-refractivity contribution in [1.82, 2.24) is 19.8 Å². The van der Waals surface area contributed by atoms with E-state index in [0.29, 0.717) is 36.5 Å². The molecule has 0 unspecified atom stereocenters. The Balaban J connectivity index is 1.73. The van der Waals surface area contributed by atoms with Gasteiger partial charge in [0.05, 0.1) is 4.90 Å². The van der Waals surface area contributed by atoms with Gasteiger partial charge in [-0.3, -0.25) is 9.59 Å². The smallest absolute Gasteiger partial charge is 0.245 e. The molecule has 0 radical (unpaired) electrons. The zero-order valence-corrected chi connectivity index (χ0v) is 20.9. The Morgan fingerprint density at radius 3 is 2.64 bits per heavy atom. The van der Waals surface area contributed by atoms with Gasteiger partial charge in [-0.25, -0.2) is 8.42 Å². The normalized spacial score (nSPS) is 17.7. The van der Waals surface area contributed by atoms with Crippen LogP contribution in [0.3, 0.4) is 0 Å². The highest BCUT2D eigenvalue weighted by Crippen LogP contribution is 2.26. The van der Waals surface area contributed by atoms with Gasteiger partial charge in [0.2, 0.25) is 21.8 Å². The number of nitrogens with zero attached hydrogens (tertiary/aromatic N) is 2. The highest BCUT2D eigenvalue weighted by molar-refractivity contribution is 7.89. The maximum Gasteiger partial charge on any atom is 0.245 e. The molecule has 1 saturated heterocycles. The van der Waals surface area contributed by atoms with Gasteiger partial charge in [0.15, 0.2) is 0 Å². The van der Waals surface area contributed by atoms with Crippen molar-refractivity contribution in [3.63, 3.8) is 0 Å². The van der Waals surface area contributed by atoms with Crippen LogP contribution in [0.1, 0.15) is 27.2 Å². The SMILES string of the molecule is CNCCN(C(=O)[C@H](C)N1CC[C@H](NS(=O)(=O)c2ccc3c(Cl)cccc3c2)C1=O)C(C)C. The van der Waals surface area contributed by atoms with Gasteiger partial charge in [0.1, 0.15) is 12.1 Å². The minimum Gasteiger partial charge on any atom is -0.337 e. The monoisotopic (exact) mass is 494 g/mol. The highest BCUT2D eigenvalue weighted by atomic mass is 35.5. The molecule has 2 N–H and O–H groups in total. The summed E-state index contributed by atoms with van der Waals surface area (Å²) in [6.45, 7) is 7.04. The van der Waals surface area contributed by atoms with Crippen LogP contribution in [0.5, 0.6) is 0 Å². The summed E-state index contributed by atoms with van der Waals surface area (Å²) in [7, 11) is -2.12. The lowest BCUT2D eigenvalue weighted by atomic mass is 10.1. The van der Waals surface area contributed by atoms with E-state index in [1.807, 2.05) is 20.9 Å². The fourth-order valence-electron chi connectivity index (χ4n) is 4.07. The fraction of sp³-hybridized carbons (Fsp3) is 0.478. The average molecular weight is 495 g/mol. The van der Waals surface area contributed by atoms with Gasteiger partial charge in [0, 0.05) is 36.1 Å². The minimum absolute atomic E-state index is 0.0123. The van der Waals surface area contributed by atoms with Crippen LogP contribution in [-0.4, -0.2) is 74.8 Å². The van der Waals surface area contributed by atoms with Crippen molar-refractivity contribution in [3.05, 3.63) is 41.4 Å². The molecule has 33 heavy (non-hydrogen) atoms. The zero-order chi connectivity index (χ0) is 24.3. The van der Waals surface area contributed by atoms with Crippen molar-refractivity contribution in [2.24, 2.45) is 0 Å². The van der Waals surface area contributed by atoms with E-state index in [0.717, 1.165) is 5.39 Å². The lowest BCUT2D eigenvalue weighted by Crippen LogP contribution is -2.52. The van der Waals surface area contributed by atoms with Crippen LogP contribution in [0, 0.1) is 0 Å². The van der Waals surface area contributed by atoms with Crippen LogP contribution in [0.2, 0.25) is 5.02 Å².